The Hall–Kier alpha value is -0.580. The van der Waals surface area contributed by atoms with Crippen molar-refractivity contribution in [2.24, 2.45) is 0 Å². The number of likely N-dealkylation sites (N-methyl/N-ethyl adjacent to an activating group) is 1. The molecule has 0 spiro atoms. The van der Waals surface area contributed by atoms with Gasteiger partial charge in [0.25, 0.3) is 0 Å². The van der Waals surface area contributed by atoms with Crippen LogP contribution in [0.4, 0.5) is 5.69 Å². The van der Waals surface area contributed by atoms with Crippen LogP contribution in [0.1, 0.15) is 45.2 Å². The topological polar surface area (TPSA) is 24.5 Å². The van der Waals surface area contributed by atoms with E-state index in [0.29, 0.717) is 18.2 Å². The van der Waals surface area contributed by atoms with Crippen LogP contribution in [0.15, 0.2) is 22.7 Å². The van der Waals surface area contributed by atoms with E-state index in [4.69, 9.17) is 4.74 Å². The van der Waals surface area contributed by atoms with Crippen molar-refractivity contribution in [2.45, 2.75) is 51.8 Å². The number of hydrogen-bond donors (Lipinski definition) is 1. The average molecular weight is 355 g/mol. The monoisotopic (exact) mass is 354 g/mol. The van der Waals surface area contributed by atoms with Crippen molar-refractivity contribution >= 4 is 21.6 Å². The van der Waals surface area contributed by atoms with Crippen LogP contribution in [0.5, 0.6) is 0 Å². The molecule has 0 aromatic heterocycles. The van der Waals surface area contributed by atoms with Crippen molar-refractivity contribution in [2.75, 3.05) is 25.1 Å². The number of hydrogen-bond acceptors (Lipinski definition) is 3. The summed E-state index contributed by atoms with van der Waals surface area (Å²) in [7, 11) is 2.19. The fourth-order valence-corrected chi connectivity index (χ4v) is 3.42. The molecule has 1 N–H and O–H groups in total. The van der Waals surface area contributed by atoms with Crippen molar-refractivity contribution < 1.29 is 4.74 Å². The fraction of sp³-hybridized carbons (Fsp3) is 0.647. The molecule has 1 aromatic carbocycles. The van der Waals surface area contributed by atoms with E-state index in [1.54, 1.807) is 0 Å². The molecular formula is C17H27BrN2O. The molecule has 3 unspecified atom stereocenters. The van der Waals surface area contributed by atoms with Gasteiger partial charge in [-0.3, -0.25) is 0 Å². The highest BCUT2D eigenvalue weighted by molar-refractivity contribution is 9.10. The minimum atomic E-state index is 0.292. The number of benzene rings is 1. The van der Waals surface area contributed by atoms with Crippen molar-refractivity contribution in [1.82, 2.24) is 5.32 Å². The molecule has 0 radical (unpaired) electrons. The van der Waals surface area contributed by atoms with Gasteiger partial charge in [-0.2, -0.15) is 0 Å². The maximum absolute atomic E-state index is 5.73. The Kier molecular flexibility index (Phi) is 6.08. The Morgan fingerprint density at radius 2 is 2.24 bits per heavy atom. The van der Waals surface area contributed by atoms with Gasteiger partial charge in [-0.05, 0) is 50.9 Å². The van der Waals surface area contributed by atoms with Gasteiger partial charge in [0.1, 0.15) is 0 Å². The highest BCUT2D eigenvalue weighted by atomic mass is 79.9. The van der Waals surface area contributed by atoms with Crippen LogP contribution < -0.4 is 10.2 Å². The van der Waals surface area contributed by atoms with E-state index in [2.05, 4.69) is 72.2 Å². The van der Waals surface area contributed by atoms with Gasteiger partial charge in [-0.15, -0.1) is 0 Å². The summed E-state index contributed by atoms with van der Waals surface area (Å²) in [5.74, 6) is 0. The summed E-state index contributed by atoms with van der Waals surface area (Å²) in [4.78, 5) is 2.39. The molecule has 3 nitrogen and oxygen atoms in total. The molecule has 21 heavy (non-hydrogen) atoms. The molecule has 1 heterocycles. The summed E-state index contributed by atoms with van der Waals surface area (Å²) in [5.41, 5.74) is 2.65. The summed E-state index contributed by atoms with van der Waals surface area (Å²) in [5, 5.41) is 3.59. The highest BCUT2D eigenvalue weighted by Crippen LogP contribution is 2.33. The third-order valence-electron chi connectivity index (χ3n) is 4.37. The maximum Gasteiger partial charge on any atom is 0.0750 e. The van der Waals surface area contributed by atoms with Crippen LogP contribution in [0.2, 0.25) is 0 Å². The molecule has 1 aromatic rings. The zero-order chi connectivity index (χ0) is 15.4. The summed E-state index contributed by atoms with van der Waals surface area (Å²) < 4.78 is 6.86. The van der Waals surface area contributed by atoms with Gasteiger partial charge < -0.3 is 15.0 Å². The Morgan fingerprint density at radius 3 is 2.86 bits per heavy atom. The first-order valence-electron chi connectivity index (χ1n) is 7.91. The van der Waals surface area contributed by atoms with Crippen molar-refractivity contribution in [3.63, 3.8) is 0 Å². The van der Waals surface area contributed by atoms with Gasteiger partial charge in [-0.1, -0.05) is 28.9 Å². The number of nitrogens with one attached hydrogen (secondary N) is 1. The second-order valence-corrected chi connectivity index (χ2v) is 6.84. The molecule has 0 aliphatic carbocycles. The molecule has 3 atom stereocenters. The van der Waals surface area contributed by atoms with Crippen LogP contribution in [0, 0.1) is 0 Å². The Bertz CT molecular complexity index is 466. The Morgan fingerprint density at radius 1 is 1.48 bits per heavy atom. The fourth-order valence-electron chi connectivity index (χ4n) is 3.07. The number of anilines is 1. The number of ether oxygens (including phenoxy) is 1. The lowest BCUT2D eigenvalue weighted by molar-refractivity contribution is 0.118. The molecule has 1 aliphatic rings. The van der Waals surface area contributed by atoms with Crippen LogP contribution >= 0.6 is 15.9 Å². The Labute approximate surface area is 137 Å². The van der Waals surface area contributed by atoms with Crippen LogP contribution in [-0.4, -0.2) is 32.3 Å². The van der Waals surface area contributed by atoms with Crippen LogP contribution in [-0.2, 0) is 4.74 Å². The van der Waals surface area contributed by atoms with Crippen molar-refractivity contribution in [3.05, 3.63) is 28.2 Å². The lowest BCUT2D eigenvalue weighted by Crippen LogP contribution is -2.37. The normalized spacial score (nSPS) is 23.3. The molecule has 2 rings (SSSR count). The van der Waals surface area contributed by atoms with E-state index in [9.17, 15) is 0 Å². The smallest absolute Gasteiger partial charge is 0.0750 e. The first-order valence-corrected chi connectivity index (χ1v) is 8.71. The second kappa shape index (κ2) is 7.61. The number of halogens is 1. The Balaban J connectivity index is 2.25. The molecule has 4 heteroatoms. The first-order chi connectivity index (χ1) is 10.0. The maximum atomic E-state index is 5.73. The standard InChI is InChI=1S/C17H27BrN2O/c1-5-9-19-12(2)15-7-6-14(18)11-17(15)20(4)16-8-10-21-13(16)3/h6-7,11-13,16,19H,5,8-10H2,1-4H3. The van der Waals surface area contributed by atoms with E-state index >= 15 is 0 Å². The lowest BCUT2D eigenvalue weighted by atomic mass is 10.0. The van der Waals surface area contributed by atoms with Gasteiger partial charge in [0.05, 0.1) is 12.1 Å². The van der Waals surface area contributed by atoms with Crippen LogP contribution in [0.3, 0.4) is 0 Å². The van der Waals surface area contributed by atoms with Crippen molar-refractivity contribution in [3.8, 4) is 0 Å². The number of rotatable bonds is 6. The summed E-state index contributed by atoms with van der Waals surface area (Å²) >= 11 is 3.61. The summed E-state index contributed by atoms with van der Waals surface area (Å²) in [6, 6.07) is 7.39. The molecule has 1 saturated heterocycles. The highest BCUT2D eigenvalue weighted by Gasteiger charge is 2.29. The minimum absolute atomic E-state index is 0.292. The van der Waals surface area contributed by atoms with Crippen molar-refractivity contribution in [1.29, 1.82) is 0 Å². The van der Waals surface area contributed by atoms with E-state index in [1.807, 2.05) is 0 Å². The largest absolute Gasteiger partial charge is 0.376 e. The third kappa shape index (κ3) is 3.99. The SMILES string of the molecule is CCCNC(C)c1ccc(Br)cc1N(C)C1CCOC1C. The second-order valence-electron chi connectivity index (χ2n) is 5.92. The van der Waals surface area contributed by atoms with Gasteiger partial charge in [-0.25, -0.2) is 0 Å². The molecular weight excluding hydrogens is 328 g/mol. The van der Waals surface area contributed by atoms with E-state index in [0.717, 1.165) is 30.5 Å². The number of nitrogens with zero attached hydrogens (tertiary/aromatic N) is 1. The quantitative estimate of drug-likeness (QED) is 0.831. The average Bonchev–Trinajstić information content (AvgIpc) is 2.90. The zero-order valence-electron chi connectivity index (χ0n) is 13.5. The molecule has 0 saturated carbocycles. The lowest BCUT2D eigenvalue weighted by Gasteiger charge is -2.32. The zero-order valence-corrected chi connectivity index (χ0v) is 15.1. The molecule has 0 amide bonds. The molecule has 0 bridgehead atoms. The van der Waals surface area contributed by atoms with Gasteiger partial charge in [0.2, 0.25) is 0 Å². The van der Waals surface area contributed by atoms with E-state index in [1.165, 1.54) is 11.3 Å². The van der Waals surface area contributed by atoms with E-state index < -0.39 is 0 Å². The third-order valence-corrected chi connectivity index (χ3v) is 4.87. The predicted octanol–water partition coefficient (Wildman–Crippen LogP) is 4.12. The molecule has 118 valence electrons. The summed E-state index contributed by atoms with van der Waals surface area (Å²) in [6.45, 7) is 8.52. The first kappa shape index (κ1) is 16.8. The van der Waals surface area contributed by atoms with Gasteiger partial charge in [0, 0.05) is 29.9 Å². The summed E-state index contributed by atoms with van der Waals surface area (Å²) in [6.07, 6.45) is 2.54. The van der Waals surface area contributed by atoms with Gasteiger partial charge in [0.15, 0.2) is 0 Å². The predicted molar refractivity (Wildman–Crippen MR) is 93.1 cm³/mol. The molecule has 1 aliphatic heterocycles. The molecule has 1 fully saturated rings. The van der Waals surface area contributed by atoms with Crippen LogP contribution in [0.25, 0.3) is 0 Å². The van der Waals surface area contributed by atoms with E-state index in [-0.39, 0.29) is 0 Å². The van der Waals surface area contributed by atoms with Gasteiger partial charge >= 0.3 is 0 Å². The minimum Gasteiger partial charge on any atom is -0.376 e.